The van der Waals surface area contributed by atoms with E-state index in [9.17, 15) is 0 Å². The van der Waals surface area contributed by atoms with Gasteiger partial charge in [-0.3, -0.25) is 4.90 Å². The first kappa shape index (κ1) is 12.6. The van der Waals surface area contributed by atoms with Crippen molar-refractivity contribution in [1.29, 1.82) is 0 Å². The molecule has 0 saturated carbocycles. The van der Waals surface area contributed by atoms with E-state index in [0.717, 1.165) is 13.1 Å². The van der Waals surface area contributed by atoms with Gasteiger partial charge in [0, 0.05) is 25.7 Å². The molecule has 0 saturated heterocycles. The summed E-state index contributed by atoms with van der Waals surface area (Å²) in [6.45, 7) is 10.4. The summed E-state index contributed by atoms with van der Waals surface area (Å²) in [5.41, 5.74) is 5.76. The second-order valence-electron chi connectivity index (χ2n) is 3.61. The molecule has 0 radical (unpaired) electrons. The lowest BCUT2D eigenvalue weighted by Crippen LogP contribution is -2.37. The topological polar surface area (TPSA) is 49.5 Å². The quantitative estimate of drug-likeness (QED) is 0.568. The minimum atomic E-state index is 0.194. The fourth-order valence-electron chi connectivity index (χ4n) is 1.15. The SMILES string of the molecule is C=CCN(CCO)CC(C)C(C)N. The first-order valence-corrected chi connectivity index (χ1v) is 4.81. The molecule has 0 amide bonds. The Kier molecular flexibility index (Phi) is 6.86. The highest BCUT2D eigenvalue weighted by Crippen LogP contribution is 2.03. The molecule has 0 rings (SSSR count). The molecule has 0 aliphatic rings. The molecule has 0 aliphatic carbocycles. The van der Waals surface area contributed by atoms with E-state index in [4.69, 9.17) is 10.8 Å². The van der Waals surface area contributed by atoms with Crippen LogP contribution in [0.5, 0.6) is 0 Å². The van der Waals surface area contributed by atoms with Crippen LogP contribution in [0.1, 0.15) is 13.8 Å². The maximum atomic E-state index is 8.81. The van der Waals surface area contributed by atoms with Crippen molar-refractivity contribution in [3.8, 4) is 0 Å². The minimum Gasteiger partial charge on any atom is -0.395 e. The number of hydrogen-bond donors (Lipinski definition) is 2. The van der Waals surface area contributed by atoms with Gasteiger partial charge in [0.15, 0.2) is 0 Å². The van der Waals surface area contributed by atoms with E-state index in [2.05, 4.69) is 18.4 Å². The lowest BCUT2D eigenvalue weighted by Gasteiger charge is -2.25. The minimum absolute atomic E-state index is 0.194. The van der Waals surface area contributed by atoms with Crippen molar-refractivity contribution in [3.63, 3.8) is 0 Å². The van der Waals surface area contributed by atoms with Gasteiger partial charge in [0.2, 0.25) is 0 Å². The van der Waals surface area contributed by atoms with Crippen LogP contribution in [0.3, 0.4) is 0 Å². The normalized spacial score (nSPS) is 15.8. The first-order valence-electron chi connectivity index (χ1n) is 4.81. The molecular weight excluding hydrogens is 164 g/mol. The average Bonchev–Trinajstić information content (AvgIpc) is 2.05. The summed E-state index contributed by atoms with van der Waals surface area (Å²) in [5.74, 6) is 0.450. The van der Waals surface area contributed by atoms with Crippen molar-refractivity contribution in [3.05, 3.63) is 12.7 Å². The Morgan fingerprint density at radius 3 is 2.54 bits per heavy atom. The molecular formula is C10H22N2O. The molecule has 0 bridgehead atoms. The van der Waals surface area contributed by atoms with Crippen LogP contribution in [-0.2, 0) is 0 Å². The fraction of sp³-hybridized carbons (Fsp3) is 0.800. The van der Waals surface area contributed by atoms with Crippen LogP contribution < -0.4 is 5.73 Å². The third-order valence-electron chi connectivity index (χ3n) is 2.25. The molecule has 3 heteroatoms. The Labute approximate surface area is 81.2 Å². The van der Waals surface area contributed by atoms with Gasteiger partial charge < -0.3 is 10.8 Å². The summed E-state index contributed by atoms with van der Waals surface area (Å²) in [7, 11) is 0. The number of rotatable bonds is 7. The number of aliphatic hydroxyl groups is 1. The van der Waals surface area contributed by atoms with Crippen LogP contribution in [0.25, 0.3) is 0 Å². The molecule has 0 fully saturated rings. The standard InChI is InChI=1S/C10H22N2O/c1-4-5-12(6-7-13)8-9(2)10(3)11/h4,9-10,13H,1,5-8,11H2,2-3H3. The predicted molar refractivity (Wildman–Crippen MR) is 56.5 cm³/mol. The molecule has 13 heavy (non-hydrogen) atoms. The highest BCUT2D eigenvalue weighted by molar-refractivity contribution is 4.76. The van der Waals surface area contributed by atoms with Crippen molar-refractivity contribution in [2.45, 2.75) is 19.9 Å². The summed E-state index contributed by atoms with van der Waals surface area (Å²) < 4.78 is 0. The van der Waals surface area contributed by atoms with Gasteiger partial charge in [0.25, 0.3) is 0 Å². The maximum Gasteiger partial charge on any atom is 0.0558 e. The van der Waals surface area contributed by atoms with Crippen LogP contribution >= 0.6 is 0 Å². The summed E-state index contributed by atoms with van der Waals surface area (Å²) >= 11 is 0. The predicted octanol–water partition coefficient (Wildman–Crippen LogP) is 0.450. The van der Waals surface area contributed by atoms with Crippen LogP contribution in [-0.4, -0.2) is 42.3 Å². The van der Waals surface area contributed by atoms with E-state index in [-0.39, 0.29) is 12.6 Å². The Morgan fingerprint density at radius 1 is 1.54 bits per heavy atom. The van der Waals surface area contributed by atoms with Crippen molar-refractivity contribution in [2.24, 2.45) is 11.7 Å². The average molecular weight is 186 g/mol. The molecule has 78 valence electrons. The van der Waals surface area contributed by atoms with Crippen molar-refractivity contribution in [1.82, 2.24) is 4.90 Å². The molecule has 0 aromatic heterocycles. The Bertz CT molecular complexity index is 137. The molecule has 0 aromatic rings. The molecule has 3 N–H and O–H groups in total. The summed E-state index contributed by atoms with van der Waals surface area (Å²) in [6.07, 6.45) is 1.85. The Morgan fingerprint density at radius 2 is 2.15 bits per heavy atom. The van der Waals surface area contributed by atoms with Gasteiger partial charge in [-0.05, 0) is 12.8 Å². The molecule has 2 atom stereocenters. The highest BCUT2D eigenvalue weighted by Gasteiger charge is 2.11. The number of aliphatic hydroxyl groups excluding tert-OH is 1. The lowest BCUT2D eigenvalue weighted by atomic mass is 10.0. The zero-order chi connectivity index (χ0) is 10.3. The number of nitrogens with two attached hydrogens (primary N) is 1. The fourth-order valence-corrected chi connectivity index (χ4v) is 1.15. The zero-order valence-electron chi connectivity index (χ0n) is 8.74. The van der Waals surface area contributed by atoms with Crippen molar-refractivity contribution in [2.75, 3.05) is 26.2 Å². The smallest absolute Gasteiger partial charge is 0.0558 e. The zero-order valence-corrected chi connectivity index (χ0v) is 8.74. The summed E-state index contributed by atoms with van der Waals surface area (Å²) in [6, 6.07) is 0.200. The van der Waals surface area contributed by atoms with E-state index in [1.54, 1.807) is 0 Å². The van der Waals surface area contributed by atoms with E-state index in [1.165, 1.54) is 0 Å². The van der Waals surface area contributed by atoms with Crippen LogP contribution in [0.4, 0.5) is 0 Å². The second-order valence-corrected chi connectivity index (χ2v) is 3.61. The van der Waals surface area contributed by atoms with E-state index in [1.807, 2.05) is 13.0 Å². The van der Waals surface area contributed by atoms with Gasteiger partial charge in [-0.1, -0.05) is 13.0 Å². The Balaban J connectivity index is 3.85. The highest BCUT2D eigenvalue weighted by atomic mass is 16.3. The van der Waals surface area contributed by atoms with Crippen molar-refractivity contribution >= 4 is 0 Å². The second kappa shape index (κ2) is 7.06. The summed E-state index contributed by atoms with van der Waals surface area (Å²) in [4.78, 5) is 2.15. The third kappa shape index (κ3) is 5.80. The monoisotopic (exact) mass is 186 g/mol. The Hall–Kier alpha value is -0.380. The first-order chi connectivity index (χ1) is 6.11. The van der Waals surface area contributed by atoms with Gasteiger partial charge in [-0.2, -0.15) is 0 Å². The van der Waals surface area contributed by atoms with Gasteiger partial charge in [-0.15, -0.1) is 6.58 Å². The third-order valence-corrected chi connectivity index (χ3v) is 2.25. The molecule has 0 aromatic carbocycles. The van der Waals surface area contributed by atoms with E-state index >= 15 is 0 Å². The van der Waals surface area contributed by atoms with Crippen LogP contribution in [0.15, 0.2) is 12.7 Å². The van der Waals surface area contributed by atoms with Gasteiger partial charge in [-0.25, -0.2) is 0 Å². The lowest BCUT2D eigenvalue weighted by molar-refractivity contribution is 0.185. The number of hydrogen-bond acceptors (Lipinski definition) is 3. The van der Waals surface area contributed by atoms with Gasteiger partial charge in [0.05, 0.1) is 6.61 Å². The molecule has 2 unspecified atom stereocenters. The van der Waals surface area contributed by atoms with Gasteiger partial charge >= 0.3 is 0 Å². The van der Waals surface area contributed by atoms with Crippen molar-refractivity contribution < 1.29 is 5.11 Å². The number of nitrogens with zero attached hydrogens (tertiary/aromatic N) is 1. The molecule has 0 spiro atoms. The van der Waals surface area contributed by atoms with Gasteiger partial charge in [0.1, 0.15) is 0 Å². The molecule has 0 heterocycles. The summed E-state index contributed by atoms with van der Waals surface area (Å²) in [5, 5.41) is 8.81. The molecule has 3 nitrogen and oxygen atoms in total. The molecule has 0 aliphatic heterocycles. The largest absolute Gasteiger partial charge is 0.395 e. The van der Waals surface area contributed by atoms with E-state index in [0.29, 0.717) is 12.5 Å². The maximum absolute atomic E-state index is 8.81. The van der Waals surface area contributed by atoms with Crippen LogP contribution in [0, 0.1) is 5.92 Å². The van der Waals surface area contributed by atoms with Crippen LogP contribution in [0.2, 0.25) is 0 Å². The van der Waals surface area contributed by atoms with E-state index < -0.39 is 0 Å².